The summed E-state index contributed by atoms with van der Waals surface area (Å²) in [6.07, 6.45) is 0.296. The molecule has 2 amide bonds. The molecule has 1 unspecified atom stereocenters. The molecule has 0 aliphatic carbocycles. The quantitative estimate of drug-likeness (QED) is 0.281. The maximum Gasteiger partial charge on any atom is 0.264 e. The molecule has 0 bridgehead atoms. The first-order chi connectivity index (χ1) is 19.3. The lowest BCUT2D eigenvalue weighted by Crippen LogP contribution is -2.52. The fourth-order valence-corrected chi connectivity index (χ4v) is 5.80. The van der Waals surface area contributed by atoms with Crippen molar-refractivity contribution in [3.05, 3.63) is 94.3 Å². The lowest BCUT2D eigenvalue weighted by atomic mass is 10.1. The summed E-state index contributed by atoms with van der Waals surface area (Å²) in [7, 11) is -4.20. The van der Waals surface area contributed by atoms with Crippen molar-refractivity contribution in [2.75, 3.05) is 17.4 Å². The van der Waals surface area contributed by atoms with Crippen molar-refractivity contribution in [3.63, 3.8) is 0 Å². The summed E-state index contributed by atoms with van der Waals surface area (Å²) in [5.41, 5.74) is 2.74. The van der Waals surface area contributed by atoms with Crippen LogP contribution in [0.25, 0.3) is 0 Å². The second kappa shape index (κ2) is 14.0. The Labute approximate surface area is 247 Å². The predicted molar refractivity (Wildman–Crippen MR) is 161 cm³/mol. The highest BCUT2D eigenvalue weighted by molar-refractivity contribution is 7.92. The molecular formula is C31H37ClFN3O4S. The molecule has 0 heterocycles. The number of rotatable bonds is 12. The van der Waals surface area contributed by atoms with E-state index in [9.17, 15) is 22.4 Å². The van der Waals surface area contributed by atoms with Crippen LogP contribution in [0, 0.1) is 25.6 Å². The van der Waals surface area contributed by atoms with Gasteiger partial charge in [-0.2, -0.15) is 0 Å². The minimum atomic E-state index is -4.20. The standard InChI is InChI=1S/C31H37ClFN3O4S/c1-6-29(31(38)34-18-21(2)3)35(19-24-8-12-26(33)13-9-24)30(37)20-36(27-14-7-22(4)23(5)17-27)41(39,40)28-15-10-25(32)11-16-28/h7-17,21,29H,6,18-20H2,1-5H3,(H,34,38). The van der Waals surface area contributed by atoms with Crippen molar-refractivity contribution < 1.29 is 22.4 Å². The van der Waals surface area contributed by atoms with Gasteiger partial charge in [0, 0.05) is 18.1 Å². The van der Waals surface area contributed by atoms with Gasteiger partial charge in [-0.25, -0.2) is 12.8 Å². The topological polar surface area (TPSA) is 86.8 Å². The number of carbonyl (C=O) groups is 2. The number of nitrogens with zero attached hydrogens (tertiary/aromatic N) is 2. The Bertz CT molecular complexity index is 1460. The van der Waals surface area contributed by atoms with Gasteiger partial charge >= 0.3 is 0 Å². The van der Waals surface area contributed by atoms with Gasteiger partial charge in [0.05, 0.1) is 10.6 Å². The van der Waals surface area contributed by atoms with Gasteiger partial charge < -0.3 is 10.2 Å². The highest BCUT2D eigenvalue weighted by Crippen LogP contribution is 2.27. The number of carbonyl (C=O) groups excluding carboxylic acids is 2. The van der Waals surface area contributed by atoms with Crippen LogP contribution in [0.2, 0.25) is 5.02 Å². The Balaban J connectivity index is 2.06. The minimum absolute atomic E-state index is 0.00548. The summed E-state index contributed by atoms with van der Waals surface area (Å²) < 4.78 is 42.6. The largest absolute Gasteiger partial charge is 0.354 e. The van der Waals surface area contributed by atoms with Crippen molar-refractivity contribution in [1.82, 2.24) is 10.2 Å². The van der Waals surface area contributed by atoms with Gasteiger partial charge in [-0.3, -0.25) is 13.9 Å². The van der Waals surface area contributed by atoms with E-state index < -0.39 is 34.3 Å². The zero-order valence-corrected chi connectivity index (χ0v) is 25.6. The lowest BCUT2D eigenvalue weighted by Gasteiger charge is -2.33. The molecule has 1 N–H and O–H groups in total. The zero-order chi connectivity index (χ0) is 30.3. The summed E-state index contributed by atoms with van der Waals surface area (Å²) >= 11 is 6.00. The first kappa shape index (κ1) is 32.1. The molecule has 0 radical (unpaired) electrons. The summed E-state index contributed by atoms with van der Waals surface area (Å²) in [4.78, 5) is 28.7. The number of amides is 2. The fourth-order valence-electron chi connectivity index (χ4n) is 4.27. The van der Waals surface area contributed by atoms with E-state index in [-0.39, 0.29) is 23.3 Å². The van der Waals surface area contributed by atoms with E-state index in [0.717, 1.165) is 15.4 Å². The molecule has 0 spiro atoms. The Morgan fingerprint density at radius 2 is 1.59 bits per heavy atom. The molecule has 0 saturated carbocycles. The Kier molecular flexibility index (Phi) is 10.9. The van der Waals surface area contributed by atoms with Gasteiger partial charge in [0.1, 0.15) is 18.4 Å². The van der Waals surface area contributed by atoms with E-state index in [4.69, 9.17) is 11.6 Å². The number of benzene rings is 3. The van der Waals surface area contributed by atoms with Crippen LogP contribution in [-0.2, 0) is 26.2 Å². The fraction of sp³-hybridized carbons (Fsp3) is 0.355. The number of sulfonamides is 1. The first-order valence-electron chi connectivity index (χ1n) is 13.5. The van der Waals surface area contributed by atoms with Crippen LogP contribution in [0.5, 0.6) is 0 Å². The van der Waals surface area contributed by atoms with E-state index >= 15 is 0 Å². The maximum atomic E-state index is 14.1. The third-order valence-electron chi connectivity index (χ3n) is 6.80. The van der Waals surface area contributed by atoms with E-state index in [1.165, 1.54) is 41.3 Å². The number of anilines is 1. The number of aryl methyl sites for hydroxylation is 2. The highest BCUT2D eigenvalue weighted by Gasteiger charge is 2.33. The molecule has 1 atom stereocenters. The summed E-state index contributed by atoms with van der Waals surface area (Å²) in [6.45, 7) is 9.35. The van der Waals surface area contributed by atoms with E-state index in [0.29, 0.717) is 29.2 Å². The number of halogens is 2. The minimum Gasteiger partial charge on any atom is -0.354 e. The van der Waals surface area contributed by atoms with Gasteiger partial charge in [-0.05, 0) is 91.4 Å². The molecule has 0 fully saturated rings. The molecule has 0 saturated heterocycles. The summed E-state index contributed by atoms with van der Waals surface area (Å²) in [6, 6.07) is 15.7. The molecule has 7 nitrogen and oxygen atoms in total. The maximum absolute atomic E-state index is 14.1. The Hall–Kier alpha value is -3.43. The normalized spacial score (nSPS) is 12.2. The molecule has 0 aromatic heterocycles. The average Bonchev–Trinajstić information content (AvgIpc) is 2.93. The summed E-state index contributed by atoms with van der Waals surface area (Å²) in [5, 5.41) is 3.26. The number of hydrogen-bond donors (Lipinski definition) is 1. The molecule has 0 aliphatic rings. The molecule has 3 aromatic carbocycles. The predicted octanol–water partition coefficient (Wildman–Crippen LogP) is 5.87. The highest BCUT2D eigenvalue weighted by atomic mass is 35.5. The second-order valence-corrected chi connectivity index (χ2v) is 12.7. The van der Waals surface area contributed by atoms with Crippen LogP contribution in [0.4, 0.5) is 10.1 Å². The molecule has 220 valence electrons. The van der Waals surface area contributed by atoms with Crippen LogP contribution in [0.1, 0.15) is 43.9 Å². The first-order valence-corrected chi connectivity index (χ1v) is 15.3. The van der Waals surface area contributed by atoms with E-state index in [1.54, 1.807) is 37.3 Å². The summed E-state index contributed by atoms with van der Waals surface area (Å²) in [5.74, 6) is -1.14. The van der Waals surface area contributed by atoms with Crippen LogP contribution in [-0.4, -0.2) is 44.3 Å². The second-order valence-electron chi connectivity index (χ2n) is 10.4. The monoisotopic (exact) mass is 601 g/mol. The molecule has 3 rings (SSSR count). The van der Waals surface area contributed by atoms with Crippen LogP contribution in [0.15, 0.2) is 71.6 Å². The number of hydrogen-bond acceptors (Lipinski definition) is 4. The molecular weight excluding hydrogens is 565 g/mol. The van der Waals surface area contributed by atoms with Crippen LogP contribution >= 0.6 is 11.6 Å². The third kappa shape index (κ3) is 8.30. The van der Waals surface area contributed by atoms with Crippen molar-refractivity contribution in [1.29, 1.82) is 0 Å². The average molecular weight is 602 g/mol. The SMILES string of the molecule is CCC(C(=O)NCC(C)C)N(Cc1ccc(F)cc1)C(=O)CN(c1ccc(C)c(C)c1)S(=O)(=O)c1ccc(Cl)cc1. The van der Waals surface area contributed by atoms with Gasteiger partial charge in [0.15, 0.2) is 0 Å². The van der Waals surface area contributed by atoms with E-state index in [2.05, 4.69) is 5.32 Å². The third-order valence-corrected chi connectivity index (χ3v) is 8.84. The molecule has 0 aliphatic heterocycles. The van der Waals surface area contributed by atoms with Gasteiger partial charge in [0.25, 0.3) is 10.0 Å². The van der Waals surface area contributed by atoms with E-state index in [1.807, 2.05) is 27.7 Å². The number of nitrogens with one attached hydrogen (secondary N) is 1. The van der Waals surface area contributed by atoms with Gasteiger partial charge in [-0.15, -0.1) is 0 Å². The van der Waals surface area contributed by atoms with Gasteiger partial charge in [-0.1, -0.05) is 50.6 Å². The van der Waals surface area contributed by atoms with Gasteiger partial charge in [0.2, 0.25) is 11.8 Å². The lowest BCUT2D eigenvalue weighted by molar-refractivity contribution is -0.140. The molecule has 10 heteroatoms. The molecule has 41 heavy (non-hydrogen) atoms. The van der Waals surface area contributed by atoms with Crippen molar-refractivity contribution in [2.24, 2.45) is 5.92 Å². The molecule has 3 aromatic rings. The van der Waals surface area contributed by atoms with Crippen LogP contribution < -0.4 is 9.62 Å². The Morgan fingerprint density at radius 3 is 2.15 bits per heavy atom. The Morgan fingerprint density at radius 1 is 0.951 bits per heavy atom. The van der Waals surface area contributed by atoms with Crippen molar-refractivity contribution in [3.8, 4) is 0 Å². The zero-order valence-electron chi connectivity index (χ0n) is 24.0. The van der Waals surface area contributed by atoms with Crippen LogP contribution in [0.3, 0.4) is 0 Å². The van der Waals surface area contributed by atoms with Crippen molar-refractivity contribution in [2.45, 2.75) is 58.5 Å². The van der Waals surface area contributed by atoms with Crippen molar-refractivity contribution >= 4 is 39.1 Å². The smallest absolute Gasteiger partial charge is 0.264 e.